The molecule has 0 aliphatic rings. The summed E-state index contributed by atoms with van der Waals surface area (Å²) in [5, 5.41) is 0. The predicted molar refractivity (Wildman–Crippen MR) is 20.6 cm³/mol. The van der Waals surface area contributed by atoms with Crippen LogP contribution in [0, 0.1) is 0 Å². The van der Waals surface area contributed by atoms with Crippen LogP contribution in [0.25, 0.3) is 0 Å². The normalized spacial score (nSPS) is 1.25. The zero-order valence-corrected chi connectivity index (χ0v) is 6.61. The Morgan fingerprint density at radius 1 is 1.25 bits per heavy atom. The SMILES string of the molecule is [O]=[Fe].[SiH4].[SnH2]. The molecule has 0 aromatic rings. The van der Waals surface area contributed by atoms with Gasteiger partial charge in [-0.1, -0.05) is 0 Å². The van der Waals surface area contributed by atoms with Crippen LogP contribution in [-0.2, 0) is 19.8 Å². The van der Waals surface area contributed by atoms with Crippen LogP contribution in [0.1, 0.15) is 0 Å². The van der Waals surface area contributed by atoms with Crippen LogP contribution in [0.15, 0.2) is 0 Å². The molecule has 28 valence electrons. The van der Waals surface area contributed by atoms with Gasteiger partial charge in [0.15, 0.2) is 0 Å². The van der Waals surface area contributed by atoms with E-state index in [1.165, 1.54) is 0 Å². The van der Waals surface area contributed by atoms with Crippen LogP contribution in [0.5, 0.6) is 0 Å². The standard InChI is InChI=1S/Fe.O.H4Si.Sn.2H/h;;1H4;;;. The maximum atomic E-state index is 8.00. The summed E-state index contributed by atoms with van der Waals surface area (Å²) in [4.78, 5) is 0. The summed E-state index contributed by atoms with van der Waals surface area (Å²) in [6.45, 7) is 0. The van der Waals surface area contributed by atoms with Crippen molar-refractivity contribution >= 4 is 34.9 Å². The average Bonchev–Trinajstić information content (AvgIpc) is 1.00. The van der Waals surface area contributed by atoms with Crippen LogP contribution in [0.2, 0.25) is 0 Å². The Balaban J connectivity index is -0.00000000500. The minimum absolute atomic E-state index is 0. The van der Waals surface area contributed by atoms with E-state index in [4.69, 9.17) is 3.83 Å². The van der Waals surface area contributed by atoms with Gasteiger partial charge >= 0.3 is 43.7 Å². The second-order valence-electron chi connectivity index (χ2n) is 0. The summed E-state index contributed by atoms with van der Waals surface area (Å²) in [5.74, 6) is 0. The van der Waals surface area contributed by atoms with Crippen molar-refractivity contribution in [3.8, 4) is 0 Å². The topological polar surface area (TPSA) is 17.1 Å². The van der Waals surface area contributed by atoms with E-state index in [0.717, 1.165) is 0 Å². The molecule has 0 unspecified atom stereocenters. The molecule has 0 fully saturated rings. The average molecular weight is 225 g/mol. The molecule has 0 bridgehead atoms. The van der Waals surface area contributed by atoms with Crippen molar-refractivity contribution in [1.82, 2.24) is 0 Å². The molecular formula is H6FeOSiSn. The Morgan fingerprint density at radius 3 is 1.25 bits per heavy atom. The molecule has 4 heavy (non-hydrogen) atoms. The van der Waals surface area contributed by atoms with Gasteiger partial charge in [0.05, 0.1) is 0 Å². The number of hydrogen-bond donors (Lipinski definition) is 0. The summed E-state index contributed by atoms with van der Waals surface area (Å²) in [5.41, 5.74) is 0. The van der Waals surface area contributed by atoms with Crippen LogP contribution >= 0.6 is 0 Å². The molecule has 0 aliphatic heterocycles. The van der Waals surface area contributed by atoms with Crippen molar-refractivity contribution in [1.29, 1.82) is 0 Å². The Morgan fingerprint density at radius 2 is 1.25 bits per heavy atom. The molecule has 2 radical (unpaired) electrons. The van der Waals surface area contributed by atoms with Crippen molar-refractivity contribution in [3.63, 3.8) is 0 Å². The predicted octanol–water partition coefficient (Wildman–Crippen LogP) is -2.49. The van der Waals surface area contributed by atoms with E-state index in [1.807, 2.05) is 15.9 Å². The number of hydrogen-bond acceptors (Lipinski definition) is 1. The van der Waals surface area contributed by atoms with E-state index in [0.29, 0.717) is 0 Å². The van der Waals surface area contributed by atoms with Crippen LogP contribution in [-0.4, -0.2) is 34.9 Å². The van der Waals surface area contributed by atoms with Gasteiger partial charge in [-0.25, -0.2) is 0 Å². The molecule has 0 saturated heterocycles. The van der Waals surface area contributed by atoms with Crippen LogP contribution in [0.3, 0.4) is 0 Å². The van der Waals surface area contributed by atoms with E-state index >= 15 is 0 Å². The summed E-state index contributed by atoms with van der Waals surface area (Å²) in [6, 6.07) is 0. The summed E-state index contributed by atoms with van der Waals surface area (Å²) in [6.07, 6.45) is 0. The first-order chi connectivity index (χ1) is 1.00. The van der Waals surface area contributed by atoms with E-state index in [2.05, 4.69) is 0 Å². The molecule has 0 aromatic carbocycles. The molecule has 0 spiro atoms. The molecule has 0 N–H and O–H groups in total. The summed E-state index contributed by atoms with van der Waals surface area (Å²) >= 11 is 2.00. The van der Waals surface area contributed by atoms with Gasteiger partial charge in [-0.15, -0.1) is 0 Å². The zero-order chi connectivity index (χ0) is 2.00. The second kappa shape index (κ2) is 27.1. The third-order valence-electron chi connectivity index (χ3n) is 0. The fraction of sp³-hybridized carbons (Fsp3) is 0. The molecule has 1 nitrogen and oxygen atoms in total. The second-order valence-corrected chi connectivity index (χ2v) is 0. The molecule has 0 saturated carbocycles. The maximum absolute atomic E-state index is 8.00. The molecule has 4 heteroatoms. The minimum atomic E-state index is 0. The van der Waals surface area contributed by atoms with Gasteiger partial charge in [0, 0.05) is 0 Å². The van der Waals surface area contributed by atoms with Gasteiger partial charge in [0.1, 0.15) is 0 Å². The monoisotopic (exact) mass is 226 g/mol. The van der Waals surface area contributed by atoms with Crippen LogP contribution < -0.4 is 0 Å². The van der Waals surface area contributed by atoms with Crippen LogP contribution in [0.4, 0.5) is 0 Å². The van der Waals surface area contributed by atoms with Crippen molar-refractivity contribution in [3.05, 3.63) is 0 Å². The molecule has 0 amide bonds. The van der Waals surface area contributed by atoms with Gasteiger partial charge in [-0.3, -0.25) is 0 Å². The first-order valence-corrected chi connectivity index (χ1v) is 0.595. The van der Waals surface area contributed by atoms with Gasteiger partial charge < -0.3 is 0 Å². The van der Waals surface area contributed by atoms with Gasteiger partial charge in [-0.2, -0.15) is 0 Å². The molecule has 0 rings (SSSR count). The Bertz CT molecular complexity index is 8.00. The first-order valence-electron chi connectivity index (χ1n) is 0.144. The van der Waals surface area contributed by atoms with Gasteiger partial charge in [0.25, 0.3) is 0 Å². The first kappa shape index (κ1) is 18.4. The third-order valence-corrected chi connectivity index (χ3v) is 0. The zero-order valence-electron chi connectivity index (χ0n) is 1.47. The summed E-state index contributed by atoms with van der Waals surface area (Å²) in [7, 11) is 0. The molecule has 0 aromatic heterocycles. The van der Waals surface area contributed by atoms with Crippen molar-refractivity contribution in [2.24, 2.45) is 0 Å². The Kier molecular flexibility index (Phi) is 124. The van der Waals surface area contributed by atoms with Crippen molar-refractivity contribution < 1.29 is 19.8 Å². The molecular weight excluding hydrogens is 219 g/mol. The Hall–Kier alpha value is 1.34. The fourth-order valence-corrected chi connectivity index (χ4v) is 0. The quantitative estimate of drug-likeness (QED) is 0.417. The molecule has 0 atom stereocenters. The van der Waals surface area contributed by atoms with E-state index in [9.17, 15) is 0 Å². The van der Waals surface area contributed by atoms with Crippen molar-refractivity contribution in [2.75, 3.05) is 0 Å². The molecule has 0 aliphatic carbocycles. The van der Waals surface area contributed by atoms with Gasteiger partial charge in [-0.05, 0) is 11.0 Å². The van der Waals surface area contributed by atoms with E-state index in [-0.39, 0.29) is 34.9 Å². The van der Waals surface area contributed by atoms with E-state index < -0.39 is 0 Å². The molecule has 0 heterocycles. The van der Waals surface area contributed by atoms with E-state index in [1.54, 1.807) is 0 Å². The third kappa shape index (κ3) is 10.2. The fourth-order valence-electron chi connectivity index (χ4n) is 0. The Labute approximate surface area is 54.5 Å². The van der Waals surface area contributed by atoms with Gasteiger partial charge in [0.2, 0.25) is 0 Å². The summed E-state index contributed by atoms with van der Waals surface area (Å²) < 4.78 is 8.00. The number of rotatable bonds is 0. The van der Waals surface area contributed by atoms with Crippen molar-refractivity contribution in [2.45, 2.75) is 0 Å².